The molecule has 3 nitrogen and oxygen atoms in total. The van der Waals surface area contributed by atoms with E-state index in [0.29, 0.717) is 22.8 Å². The van der Waals surface area contributed by atoms with E-state index in [0.717, 1.165) is 11.1 Å². The molecule has 0 aliphatic carbocycles. The molecule has 0 amide bonds. The van der Waals surface area contributed by atoms with Crippen molar-refractivity contribution < 1.29 is 4.79 Å². The second-order valence-corrected chi connectivity index (χ2v) is 5.60. The second-order valence-electron chi connectivity index (χ2n) is 5.16. The first-order chi connectivity index (χ1) is 10.1. The van der Waals surface area contributed by atoms with Crippen molar-refractivity contribution in [3.8, 4) is 0 Å². The maximum atomic E-state index is 12.7. The maximum absolute atomic E-state index is 12.7. The Morgan fingerprint density at radius 2 is 2.00 bits per heavy atom. The van der Waals surface area contributed by atoms with Gasteiger partial charge in [0.05, 0.1) is 5.92 Å². The normalized spacial score (nSPS) is 17.2. The van der Waals surface area contributed by atoms with Gasteiger partial charge in [-0.15, -0.1) is 0 Å². The number of hydrazone groups is 1. The van der Waals surface area contributed by atoms with E-state index in [-0.39, 0.29) is 11.7 Å². The van der Waals surface area contributed by atoms with Gasteiger partial charge in [-0.05, 0) is 30.7 Å². The van der Waals surface area contributed by atoms with Crippen LogP contribution in [0.3, 0.4) is 0 Å². The third-order valence-electron chi connectivity index (χ3n) is 3.61. The molecule has 21 heavy (non-hydrogen) atoms. The fraction of sp³-hybridized carbons (Fsp3) is 0.176. The highest BCUT2D eigenvalue weighted by atomic mass is 35.5. The van der Waals surface area contributed by atoms with Crippen LogP contribution in [-0.4, -0.2) is 18.0 Å². The molecule has 0 bridgehead atoms. The topological polar surface area (TPSA) is 41.5 Å². The number of hydrogen-bond acceptors (Lipinski definition) is 3. The predicted octanol–water partition coefficient (Wildman–Crippen LogP) is 3.57. The number of Topliss-reactive ketones (excluding diaryl/α,β-unsaturated/α-hetero) is 1. The molecule has 2 aromatic carbocycles. The Balaban J connectivity index is 1.90. The molecule has 0 unspecified atom stereocenters. The van der Waals surface area contributed by atoms with Crippen LogP contribution < -0.4 is 5.43 Å². The van der Waals surface area contributed by atoms with Gasteiger partial charge in [-0.2, -0.15) is 5.10 Å². The van der Waals surface area contributed by atoms with Gasteiger partial charge in [-0.25, -0.2) is 0 Å². The van der Waals surface area contributed by atoms with Gasteiger partial charge in [0.15, 0.2) is 0 Å². The Morgan fingerprint density at radius 3 is 2.71 bits per heavy atom. The van der Waals surface area contributed by atoms with Gasteiger partial charge >= 0.3 is 0 Å². The van der Waals surface area contributed by atoms with E-state index in [2.05, 4.69) is 10.5 Å². The summed E-state index contributed by atoms with van der Waals surface area (Å²) in [6.07, 6.45) is 0. The number of nitrogens with zero attached hydrogens (tertiary/aromatic N) is 1. The summed E-state index contributed by atoms with van der Waals surface area (Å²) in [5, 5.41) is 4.89. The van der Waals surface area contributed by atoms with E-state index in [1.54, 1.807) is 0 Å². The van der Waals surface area contributed by atoms with Crippen LogP contribution in [0, 0.1) is 6.92 Å². The van der Waals surface area contributed by atoms with Crippen LogP contribution in [0.15, 0.2) is 53.6 Å². The van der Waals surface area contributed by atoms with Crippen LogP contribution in [0.1, 0.15) is 27.4 Å². The van der Waals surface area contributed by atoms with Crippen molar-refractivity contribution in [3.05, 3.63) is 70.2 Å². The molecular formula is C17H15ClN2O. The number of halogens is 1. The van der Waals surface area contributed by atoms with Crippen molar-refractivity contribution >= 4 is 23.1 Å². The predicted molar refractivity (Wildman–Crippen MR) is 85.1 cm³/mol. The van der Waals surface area contributed by atoms with E-state index in [1.165, 1.54) is 0 Å². The SMILES string of the molecule is Cc1cccc(C(=O)C2=NNC[C@@H]2c2ccc(Cl)cc2)c1. The van der Waals surface area contributed by atoms with Crippen molar-refractivity contribution in [1.29, 1.82) is 0 Å². The van der Waals surface area contributed by atoms with E-state index >= 15 is 0 Å². The van der Waals surface area contributed by atoms with Crippen molar-refractivity contribution in [1.82, 2.24) is 5.43 Å². The summed E-state index contributed by atoms with van der Waals surface area (Å²) in [5.41, 5.74) is 6.28. The Bertz CT molecular complexity index is 707. The highest BCUT2D eigenvalue weighted by molar-refractivity contribution is 6.48. The van der Waals surface area contributed by atoms with Crippen LogP contribution >= 0.6 is 11.6 Å². The summed E-state index contributed by atoms with van der Waals surface area (Å²) in [6.45, 7) is 2.61. The van der Waals surface area contributed by atoms with Crippen LogP contribution in [0.2, 0.25) is 5.02 Å². The minimum atomic E-state index is -0.0321. The molecule has 3 rings (SSSR count). The van der Waals surface area contributed by atoms with E-state index in [4.69, 9.17) is 11.6 Å². The Morgan fingerprint density at radius 1 is 1.24 bits per heavy atom. The molecule has 0 saturated carbocycles. The smallest absolute Gasteiger partial charge is 0.209 e. The molecule has 0 saturated heterocycles. The number of carbonyl (C=O) groups is 1. The van der Waals surface area contributed by atoms with Crippen molar-refractivity contribution in [2.45, 2.75) is 12.8 Å². The lowest BCUT2D eigenvalue weighted by Gasteiger charge is -2.12. The molecule has 1 heterocycles. The molecule has 0 fully saturated rings. The number of nitrogens with one attached hydrogen (secondary N) is 1. The number of aryl methyl sites for hydroxylation is 1. The summed E-state index contributed by atoms with van der Waals surface area (Å²) < 4.78 is 0. The van der Waals surface area contributed by atoms with E-state index in [1.807, 2.05) is 55.5 Å². The molecule has 2 aromatic rings. The number of carbonyl (C=O) groups excluding carboxylic acids is 1. The first kappa shape index (κ1) is 13.8. The number of ketones is 1. The molecule has 0 aromatic heterocycles. The highest BCUT2D eigenvalue weighted by Crippen LogP contribution is 2.24. The summed E-state index contributed by atoms with van der Waals surface area (Å²) in [5.74, 6) is -0.0565. The van der Waals surface area contributed by atoms with Crippen molar-refractivity contribution in [2.75, 3.05) is 6.54 Å². The first-order valence-electron chi connectivity index (χ1n) is 6.82. The monoisotopic (exact) mass is 298 g/mol. The molecule has 1 N–H and O–H groups in total. The highest BCUT2D eigenvalue weighted by Gasteiger charge is 2.29. The summed E-state index contributed by atoms with van der Waals surface area (Å²) in [7, 11) is 0. The molecule has 1 atom stereocenters. The minimum absolute atomic E-state index is 0.0244. The lowest BCUT2D eigenvalue weighted by atomic mass is 9.90. The zero-order valence-electron chi connectivity index (χ0n) is 11.6. The number of rotatable bonds is 3. The van der Waals surface area contributed by atoms with Gasteiger partial charge in [-0.3, -0.25) is 4.79 Å². The zero-order valence-corrected chi connectivity index (χ0v) is 12.4. The average Bonchev–Trinajstić information content (AvgIpc) is 2.96. The molecule has 4 heteroatoms. The van der Waals surface area contributed by atoms with E-state index in [9.17, 15) is 4.79 Å². The van der Waals surface area contributed by atoms with Gasteiger partial charge in [0.1, 0.15) is 5.71 Å². The standard InChI is InChI=1S/C17H15ClN2O/c1-11-3-2-4-13(9-11)17(21)16-15(10-19-20-16)12-5-7-14(18)8-6-12/h2-9,15,19H,10H2,1H3/t15-/m1/s1. The third-order valence-corrected chi connectivity index (χ3v) is 3.86. The molecule has 1 aliphatic heterocycles. The summed E-state index contributed by atoms with van der Waals surface area (Å²) in [6, 6.07) is 15.1. The Labute approximate surface area is 128 Å². The Hall–Kier alpha value is -2.13. The van der Waals surface area contributed by atoms with Gasteiger partial charge < -0.3 is 5.43 Å². The van der Waals surface area contributed by atoms with Gasteiger partial charge in [0.2, 0.25) is 5.78 Å². The van der Waals surface area contributed by atoms with Crippen LogP contribution in [-0.2, 0) is 0 Å². The molecule has 0 radical (unpaired) electrons. The Kier molecular flexibility index (Phi) is 3.76. The third kappa shape index (κ3) is 2.83. The lowest BCUT2D eigenvalue weighted by molar-refractivity contribution is 0.106. The fourth-order valence-electron chi connectivity index (χ4n) is 2.51. The molecule has 1 aliphatic rings. The van der Waals surface area contributed by atoms with E-state index < -0.39 is 0 Å². The largest absolute Gasteiger partial charge is 0.309 e. The average molecular weight is 299 g/mol. The number of benzene rings is 2. The second kappa shape index (κ2) is 5.70. The van der Waals surface area contributed by atoms with Gasteiger partial charge in [0, 0.05) is 17.1 Å². The molecular weight excluding hydrogens is 284 g/mol. The van der Waals surface area contributed by atoms with Crippen molar-refractivity contribution in [3.63, 3.8) is 0 Å². The number of hydrogen-bond donors (Lipinski definition) is 1. The van der Waals surface area contributed by atoms with Crippen LogP contribution in [0.25, 0.3) is 0 Å². The summed E-state index contributed by atoms with van der Waals surface area (Å²) >= 11 is 5.92. The van der Waals surface area contributed by atoms with Gasteiger partial charge in [0.25, 0.3) is 0 Å². The zero-order chi connectivity index (χ0) is 14.8. The van der Waals surface area contributed by atoms with Crippen LogP contribution in [0.4, 0.5) is 0 Å². The quantitative estimate of drug-likeness (QED) is 0.880. The molecule has 0 spiro atoms. The van der Waals surface area contributed by atoms with Gasteiger partial charge in [-0.1, -0.05) is 47.5 Å². The summed E-state index contributed by atoms with van der Waals surface area (Å²) in [4.78, 5) is 12.7. The van der Waals surface area contributed by atoms with Crippen molar-refractivity contribution in [2.24, 2.45) is 5.10 Å². The van der Waals surface area contributed by atoms with Crippen LogP contribution in [0.5, 0.6) is 0 Å². The molecule has 106 valence electrons. The lowest BCUT2D eigenvalue weighted by Crippen LogP contribution is -2.21. The first-order valence-corrected chi connectivity index (χ1v) is 7.20. The minimum Gasteiger partial charge on any atom is -0.309 e. The fourth-order valence-corrected chi connectivity index (χ4v) is 2.64. The maximum Gasteiger partial charge on any atom is 0.209 e.